The van der Waals surface area contributed by atoms with Gasteiger partial charge in [-0.25, -0.2) is 4.98 Å². The number of nitrogens with two attached hydrogens (primary N) is 2. The predicted molar refractivity (Wildman–Crippen MR) is 363 cm³/mol. The average Bonchev–Trinajstić information content (AvgIpc) is 1.52. The molecule has 532 valence electrons. The number of imidazole rings is 1. The van der Waals surface area contributed by atoms with E-state index < -0.39 is 109 Å². The molecule has 0 aliphatic carbocycles. The summed E-state index contributed by atoms with van der Waals surface area (Å²) in [6, 6.07) is 4.58. The molecule has 0 spiro atoms. The molecular formula is C66H106N18O12. The number of aromatic nitrogens is 2. The third kappa shape index (κ3) is 34.7. The number of rotatable bonds is 49. The normalized spacial score (nSPS) is 13.1. The molecule has 10 amide bonds. The monoisotopic (exact) mass is 1340 g/mol. The number of likely N-dealkylation sites (N-methyl/N-ethyl adjacent to an activating group) is 1. The van der Waals surface area contributed by atoms with Crippen LogP contribution in [0.15, 0.2) is 67.1 Å². The van der Waals surface area contributed by atoms with Gasteiger partial charge < -0.3 is 90.5 Å². The quantitative estimate of drug-likeness (QED) is 0.0209. The van der Waals surface area contributed by atoms with Crippen molar-refractivity contribution < 1.29 is 58.2 Å². The van der Waals surface area contributed by atoms with Crippen LogP contribution in [0, 0.1) is 16.7 Å². The lowest BCUT2D eigenvalue weighted by molar-refractivity contribution is -0.136. The molecule has 0 saturated heterocycles. The second-order valence-corrected chi connectivity index (χ2v) is 24.2. The fourth-order valence-electron chi connectivity index (χ4n) is 10.3. The number of unbranched alkanes of at least 4 members (excludes halogenated alkanes) is 12. The van der Waals surface area contributed by atoms with E-state index in [-0.39, 0.29) is 107 Å². The smallest absolute Gasteiger partial charge is 0.244 e. The minimum Gasteiger partial charge on any atom is -0.508 e. The summed E-state index contributed by atoms with van der Waals surface area (Å²) in [5, 5.41) is 66.6. The summed E-state index contributed by atoms with van der Waals surface area (Å²) in [4.78, 5) is 145. The van der Waals surface area contributed by atoms with Gasteiger partial charge in [0.2, 0.25) is 59.1 Å². The largest absolute Gasteiger partial charge is 0.508 e. The number of aromatic hydroxyl groups is 1. The molecule has 21 N–H and O–H groups in total. The van der Waals surface area contributed by atoms with Crippen molar-refractivity contribution in [3.8, 4) is 5.75 Å². The summed E-state index contributed by atoms with van der Waals surface area (Å²) in [7, 11) is 1.31. The van der Waals surface area contributed by atoms with Crippen molar-refractivity contribution in [2.75, 3.05) is 39.8 Å². The van der Waals surface area contributed by atoms with E-state index in [1.165, 1.54) is 102 Å². The van der Waals surface area contributed by atoms with E-state index >= 15 is 0 Å². The van der Waals surface area contributed by atoms with E-state index in [1.54, 1.807) is 44.2 Å². The van der Waals surface area contributed by atoms with Gasteiger partial charge in [-0.15, -0.1) is 0 Å². The van der Waals surface area contributed by atoms with Crippen molar-refractivity contribution >= 4 is 71.0 Å². The third-order valence-electron chi connectivity index (χ3n) is 15.6. The Morgan fingerprint density at radius 3 is 1.40 bits per heavy atom. The van der Waals surface area contributed by atoms with Crippen molar-refractivity contribution in [1.29, 1.82) is 10.8 Å². The number of carbonyl (C=O) groups is 10. The van der Waals surface area contributed by atoms with Crippen LogP contribution in [0.25, 0.3) is 0 Å². The Morgan fingerprint density at radius 1 is 0.490 bits per heavy atom. The lowest BCUT2D eigenvalue weighted by Crippen LogP contribution is -2.61. The molecule has 0 saturated carbocycles. The summed E-state index contributed by atoms with van der Waals surface area (Å²) in [5.74, 6) is -8.65. The third-order valence-corrected chi connectivity index (χ3v) is 15.6. The second kappa shape index (κ2) is 46.7. The molecular weight excluding hydrogens is 1240 g/mol. The summed E-state index contributed by atoms with van der Waals surface area (Å²) in [5.41, 5.74) is 12.5. The van der Waals surface area contributed by atoms with Crippen LogP contribution in [0.2, 0.25) is 0 Å². The Labute approximate surface area is 562 Å². The second-order valence-electron chi connectivity index (χ2n) is 24.2. The SMILES string of the molecule is CCCCCCCCCCCCCCCC(=O)NCC(=O)NCC(=O)N[C@@H](Cc1ccc(O)cc1)C(=O)N[C@@H](Cc1ccccc1)C(=O)N[C@@H](CCCNC(=N)N)C(=O)N[C@@H](CCCNC(=N)N)C(=O)N[C@@H](CC(C)C)C(=O)N[C@@H](Cc1c[nH]cn1)C(=O)N[C@@H](CO)C(=O)NC. The Kier molecular flexibility index (Phi) is 39.3. The topological polar surface area (TPSA) is 484 Å². The maximum Gasteiger partial charge on any atom is 0.244 e. The Bertz CT molecular complexity index is 2880. The molecule has 0 aliphatic heterocycles. The van der Waals surface area contributed by atoms with Gasteiger partial charge in [0.05, 0.1) is 31.7 Å². The van der Waals surface area contributed by atoms with Crippen molar-refractivity contribution in [1.82, 2.24) is 73.8 Å². The van der Waals surface area contributed by atoms with E-state index in [0.29, 0.717) is 23.2 Å². The number of aromatic amines is 1. The molecule has 30 heteroatoms. The number of aliphatic hydroxyl groups is 1. The first kappa shape index (κ1) is 80.9. The first-order valence-corrected chi connectivity index (χ1v) is 33.4. The predicted octanol–water partition coefficient (Wildman–Crippen LogP) is 0.561. The maximum atomic E-state index is 14.8. The molecule has 0 unspecified atom stereocenters. The highest BCUT2D eigenvalue weighted by Crippen LogP contribution is 2.16. The zero-order chi connectivity index (χ0) is 70.6. The van der Waals surface area contributed by atoms with Gasteiger partial charge in [-0.3, -0.25) is 58.8 Å². The molecule has 1 aromatic heterocycles. The van der Waals surface area contributed by atoms with Gasteiger partial charge in [0, 0.05) is 52.0 Å². The lowest BCUT2D eigenvalue weighted by Gasteiger charge is -2.28. The summed E-state index contributed by atoms with van der Waals surface area (Å²) < 4.78 is 0. The highest BCUT2D eigenvalue weighted by Gasteiger charge is 2.35. The Morgan fingerprint density at radius 2 is 0.917 bits per heavy atom. The van der Waals surface area contributed by atoms with Crippen LogP contribution in [0.4, 0.5) is 0 Å². The first-order chi connectivity index (χ1) is 46.0. The van der Waals surface area contributed by atoms with E-state index in [1.807, 2.05) is 0 Å². The molecule has 3 rings (SSSR count). The molecule has 7 atom stereocenters. The van der Waals surface area contributed by atoms with E-state index in [4.69, 9.17) is 22.3 Å². The van der Waals surface area contributed by atoms with Gasteiger partial charge in [-0.05, 0) is 67.7 Å². The highest BCUT2D eigenvalue weighted by molar-refractivity contribution is 5.98. The zero-order valence-corrected chi connectivity index (χ0v) is 56.1. The molecule has 96 heavy (non-hydrogen) atoms. The number of nitrogens with zero attached hydrogens (tertiary/aromatic N) is 1. The molecule has 0 bridgehead atoms. The number of amides is 10. The summed E-state index contributed by atoms with van der Waals surface area (Å²) in [6.45, 7) is 4.17. The van der Waals surface area contributed by atoms with Crippen molar-refractivity contribution in [3.63, 3.8) is 0 Å². The lowest BCUT2D eigenvalue weighted by atomic mass is 10.0. The Hall–Kier alpha value is -9.35. The van der Waals surface area contributed by atoms with E-state index in [0.717, 1.165) is 19.3 Å². The van der Waals surface area contributed by atoms with E-state index in [9.17, 15) is 58.2 Å². The molecule has 0 aliphatic rings. The number of guanidine groups is 2. The Balaban J connectivity index is 1.85. The summed E-state index contributed by atoms with van der Waals surface area (Å²) in [6.07, 6.45) is 17.7. The van der Waals surface area contributed by atoms with Crippen LogP contribution in [0.5, 0.6) is 5.75 Å². The van der Waals surface area contributed by atoms with Crippen LogP contribution >= 0.6 is 0 Å². The van der Waals surface area contributed by atoms with Crippen LogP contribution in [-0.2, 0) is 67.2 Å². The fraction of sp³-hybridized carbons (Fsp3) is 0.591. The standard InChI is InChI=1S/C66H106N18O12/c1-5-6-7-8-9-10-11-12-13-14-15-16-20-27-55(87)75-39-56(88)76-40-57(89)78-51(36-45-28-30-47(86)31-29-45)62(94)82-52(35-44-23-18-17-19-24-44)63(95)80-48(25-21-32-73-65(67)68)59(91)79-49(26-22-33-74-66(69)70)60(92)81-50(34-43(2)3)61(93)83-53(37-46-38-72-42-77-46)64(96)84-54(41-85)58(90)71-4/h17-19,23-24,28-31,38,42-43,48-54,85-86H,5-16,20-22,25-27,32-37,39-41H2,1-4H3,(H,71,90)(H,72,77)(H,75,87)(H,76,88)(H,78,89)(H,79,91)(H,80,95)(H,81,92)(H,82,94)(H,83,93)(H,84,96)(H4,67,68,73)(H4,69,70,74)/t48-,49-,50-,51-,52-,53-,54-/m0/s1. The molecule has 2 aromatic carbocycles. The van der Waals surface area contributed by atoms with Crippen LogP contribution < -0.4 is 75.3 Å². The minimum absolute atomic E-state index is 0.0191. The van der Waals surface area contributed by atoms with Crippen molar-refractivity contribution in [2.45, 2.75) is 204 Å². The van der Waals surface area contributed by atoms with Crippen LogP contribution in [0.3, 0.4) is 0 Å². The zero-order valence-electron chi connectivity index (χ0n) is 56.1. The number of phenols is 1. The molecule has 0 radical (unpaired) electrons. The number of aliphatic hydroxyl groups excluding tert-OH is 1. The first-order valence-electron chi connectivity index (χ1n) is 33.4. The van der Waals surface area contributed by atoms with Gasteiger partial charge in [0.25, 0.3) is 0 Å². The molecule has 1 heterocycles. The average molecular weight is 1340 g/mol. The van der Waals surface area contributed by atoms with Crippen LogP contribution in [-0.4, -0.2) is 173 Å². The molecule has 30 nitrogen and oxygen atoms in total. The number of phenolic OH excluding ortho intramolecular Hbond substituents is 1. The van der Waals surface area contributed by atoms with E-state index in [2.05, 4.69) is 80.7 Å². The fourth-order valence-corrected chi connectivity index (χ4v) is 10.3. The van der Waals surface area contributed by atoms with Crippen molar-refractivity contribution in [2.24, 2.45) is 17.4 Å². The van der Waals surface area contributed by atoms with Crippen LogP contribution in [0.1, 0.15) is 160 Å². The molecule has 0 fully saturated rings. The maximum absolute atomic E-state index is 14.8. The van der Waals surface area contributed by atoms with Crippen molar-refractivity contribution in [3.05, 3.63) is 83.9 Å². The number of benzene rings is 2. The number of H-pyrrole nitrogens is 1. The van der Waals surface area contributed by atoms with Gasteiger partial charge in [0.15, 0.2) is 11.9 Å². The number of hydrogen-bond acceptors (Lipinski definition) is 15. The van der Waals surface area contributed by atoms with Gasteiger partial charge in [-0.2, -0.15) is 0 Å². The number of carbonyl (C=O) groups excluding carboxylic acids is 10. The van der Waals surface area contributed by atoms with Gasteiger partial charge >= 0.3 is 0 Å². The highest BCUT2D eigenvalue weighted by atomic mass is 16.3. The molecule has 3 aromatic rings. The number of hydrogen-bond donors (Lipinski definition) is 19. The number of nitrogens with one attached hydrogen (secondary N) is 15. The van der Waals surface area contributed by atoms with Gasteiger partial charge in [0.1, 0.15) is 48.0 Å². The minimum atomic E-state index is -1.46. The summed E-state index contributed by atoms with van der Waals surface area (Å²) >= 11 is 0. The van der Waals surface area contributed by atoms with Gasteiger partial charge in [-0.1, -0.05) is 140 Å².